The number of nitrogens with two attached hydrogens (primary N) is 1. The lowest BCUT2D eigenvalue weighted by Crippen LogP contribution is -2.30. The Labute approximate surface area is 114 Å². The predicted molar refractivity (Wildman–Crippen MR) is 71.4 cm³/mol. The topological polar surface area (TPSA) is 81.7 Å². The van der Waals surface area contributed by atoms with Crippen LogP contribution in [0.5, 0.6) is 0 Å². The Morgan fingerprint density at radius 2 is 2.11 bits per heavy atom. The molecular formula is C11H15BrN6. The van der Waals surface area contributed by atoms with Crippen LogP contribution in [0.25, 0.3) is 0 Å². The summed E-state index contributed by atoms with van der Waals surface area (Å²) < 4.78 is 2.87. The van der Waals surface area contributed by atoms with Crippen molar-refractivity contribution in [2.45, 2.75) is 19.4 Å². The van der Waals surface area contributed by atoms with E-state index in [1.807, 2.05) is 18.7 Å². The van der Waals surface area contributed by atoms with Crippen molar-refractivity contribution in [1.82, 2.24) is 25.2 Å². The second-order valence-electron chi connectivity index (χ2n) is 4.06. The number of aromatic nitrogens is 4. The average molecular weight is 311 g/mol. The summed E-state index contributed by atoms with van der Waals surface area (Å²) in [6.07, 6.45) is 5.73. The van der Waals surface area contributed by atoms with Crippen LogP contribution in [-0.4, -0.2) is 19.7 Å². The zero-order valence-corrected chi connectivity index (χ0v) is 11.8. The van der Waals surface area contributed by atoms with Crippen LogP contribution in [-0.2, 0) is 13.5 Å². The molecule has 1 atom stereocenters. The molecule has 2 rings (SSSR count). The Kier molecular flexibility index (Phi) is 4.05. The van der Waals surface area contributed by atoms with Crippen molar-refractivity contribution < 1.29 is 0 Å². The second-order valence-corrected chi connectivity index (χ2v) is 4.86. The summed E-state index contributed by atoms with van der Waals surface area (Å²) in [5.41, 5.74) is 5.79. The summed E-state index contributed by atoms with van der Waals surface area (Å²) in [6, 6.07) is -0.0442. The smallest absolute Gasteiger partial charge is 0.115 e. The highest BCUT2D eigenvalue weighted by molar-refractivity contribution is 9.10. The highest BCUT2D eigenvalue weighted by Gasteiger charge is 2.17. The van der Waals surface area contributed by atoms with E-state index in [4.69, 9.17) is 5.84 Å². The molecule has 0 aliphatic carbocycles. The molecule has 2 aromatic heterocycles. The number of nitrogens with one attached hydrogen (secondary N) is 1. The molecule has 0 aromatic carbocycles. The number of aryl methyl sites for hydroxylation is 2. The van der Waals surface area contributed by atoms with Gasteiger partial charge in [0, 0.05) is 31.4 Å². The number of halogens is 1. The fraction of sp³-hybridized carbons (Fsp3) is 0.364. The van der Waals surface area contributed by atoms with Crippen LogP contribution in [0.15, 0.2) is 23.2 Å². The van der Waals surface area contributed by atoms with Gasteiger partial charge in [-0.15, -0.1) is 0 Å². The monoisotopic (exact) mass is 310 g/mol. The van der Waals surface area contributed by atoms with Gasteiger partial charge in [0.1, 0.15) is 6.33 Å². The van der Waals surface area contributed by atoms with Crippen LogP contribution in [0.2, 0.25) is 0 Å². The van der Waals surface area contributed by atoms with Gasteiger partial charge in [0.25, 0.3) is 0 Å². The van der Waals surface area contributed by atoms with E-state index in [-0.39, 0.29) is 6.04 Å². The molecule has 96 valence electrons. The average Bonchev–Trinajstić information content (AvgIpc) is 2.62. The van der Waals surface area contributed by atoms with Gasteiger partial charge in [-0.25, -0.2) is 9.97 Å². The van der Waals surface area contributed by atoms with Gasteiger partial charge in [0.2, 0.25) is 0 Å². The molecule has 0 fully saturated rings. The van der Waals surface area contributed by atoms with E-state index < -0.39 is 0 Å². The Morgan fingerprint density at radius 1 is 1.44 bits per heavy atom. The molecule has 0 bridgehead atoms. The van der Waals surface area contributed by atoms with E-state index in [9.17, 15) is 0 Å². The molecule has 0 radical (unpaired) electrons. The maximum Gasteiger partial charge on any atom is 0.115 e. The molecule has 0 saturated heterocycles. The first kappa shape index (κ1) is 13.1. The molecule has 6 nitrogen and oxygen atoms in total. The number of rotatable bonds is 4. The van der Waals surface area contributed by atoms with E-state index in [1.54, 1.807) is 12.4 Å². The molecule has 1 unspecified atom stereocenters. The fourth-order valence-corrected chi connectivity index (χ4v) is 2.36. The van der Waals surface area contributed by atoms with Gasteiger partial charge in [-0.3, -0.25) is 16.0 Å². The van der Waals surface area contributed by atoms with Crippen molar-refractivity contribution >= 4 is 15.9 Å². The molecule has 0 spiro atoms. The molecule has 18 heavy (non-hydrogen) atoms. The molecule has 2 aromatic rings. The van der Waals surface area contributed by atoms with Crippen LogP contribution >= 0.6 is 15.9 Å². The standard InChI is InChI=1S/C11H15BrN6/c1-7-11(12)10(18(2)17-7)3-9(16-13)8-4-14-6-15-5-8/h4-6,9,16H,3,13H2,1-2H3. The Balaban J connectivity index is 2.26. The van der Waals surface area contributed by atoms with E-state index in [0.29, 0.717) is 6.42 Å². The summed E-state index contributed by atoms with van der Waals surface area (Å²) in [5.74, 6) is 5.61. The molecule has 0 saturated carbocycles. The Morgan fingerprint density at radius 3 is 2.61 bits per heavy atom. The third kappa shape index (κ3) is 2.58. The normalized spacial score (nSPS) is 12.7. The van der Waals surface area contributed by atoms with Crippen molar-refractivity contribution in [1.29, 1.82) is 0 Å². The highest BCUT2D eigenvalue weighted by atomic mass is 79.9. The minimum absolute atomic E-state index is 0.0442. The predicted octanol–water partition coefficient (Wildman–Crippen LogP) is 1.03. The summed E-state index contributed by atoms with van der Waals surface area (Å²) in [5, 5.41) is 4.36. The van der Waals surface area contributed by atoms with Crippen molar-refractivity contribution in [3.63, 3.8) is 0 Å². The number of hydrogen-bond donors (Lipinski definition) is 2. The van der Waals surface area contributed by atoms with Crippen LogP contribution in [0.1, 0.15) is 23.0 Å². The number of hydrazine groups is 1. The van der Waals surface area contributed by atoms with Crippen LogP contribution in [0.4, 0.5) is 0 Å². The van der Waals surface area contributed by atoms with Crippen LogP contribution in [0, 0.1) is 6.92 Å². The van der Waals surface area contributed by atoms with Gasteiger partial charge in [0.05, 0.1) is 21.9 Å². The third-order valence-corrected chi connectivity index (χ3v) is 3.87. The maximum absolute atomic E-state index is 5.61. The molecule has 0 amide bonds. The minimum Gasteiger partial charge on any atom is -0.271 e. The molecule has 0 aliphatic rings. The van der Waals surface area contributed by atoms with Gasteiger partial charge >= 0.3 is 0 Å². The van der Waals surface area contributed by atoms with E-state index >= 15 is 0 Å². The van der Waals surface area contributed by atoms with Crippen LogP contribution < -0.4 is 11.3 Å². The number of nitrogens with zero attached hydrogens (tertiary/aromatic N) is 4. The molecule has 0 aliphatic heterocycles. The zero-order valence-electron chi connectivity index (χ0n) is 10.3. The van der Waals surface area contributed by atoms with E-state index in [0.717, 1.165) is 21.4 Å². The summed E-state index contributed by atoms with van der Waals surface area (Å²) in [4.78, 5) is 8.01. The molecule has 3 N–H and O–H groups in total. The van der Waals surface area contributed by atoms with Gasteiger partial charge in [-0.1, -0.05) is 0 Å². The Hall–Kier alpha value is -1.31. The summed E-state index contributed by atoms with van der Waals surface area (Å²) >= 11 is 3.55. The molecule has 2 heterocycles. The first-order valence-corrected chi connectivity index (χ1v) is 6.31. The fourth-order valence-electron chi connectivity index (χ4n) is 1.86. The largest absolute Gasteiger partial charge is 0.271 e. The molecular weight excluding hydrogens is 296 g/mol. The third-order valence-electron chi connectivity index (χ3n) is 2.84. The first-order valence-electron chi connectivity index (χ1n) is 5.52. The first-order chi connectivity index (χ1) is 8.63. The minimum atomic E-state index is -0.0442. The van der Waals surface area contributed by atoms with E-state index in [1.165, 1.54) is 6.33 Å². The van der Waals surface area contributed by atoms with Gasteiger partial charge in [-0.05, 0) is 22.9 Å². The Bertz CT molecular complexity index is 524. The number of hydrogen-bond acceptors (Lipinski definition) is 5. The van der Waals surface area contributed by atoms with Crippen molar-refractivity contribution in [2.24, 2.45) is 12.9 Å². The van der Waals surface area contributed by atoms with Crippen LogP contribution in [0.3, 0.4) is 0 Å². The summed E-state index contributed by atoms with van der Waals surface area (Å²) in [6.45, 7) is 1.96. The lowest BCUT2D eigenvalue weighted by atomic mass is 10.1. The quantitative estimate of drug-likeness (QED) is 0.651. The SMILES string of the molecule is Cc1nn(C)c(CC(NN)c2cncnc2)c1Br. The zero-order chi connectivity index (χ0) is 13.1. The lowest BCUT2D eigenvalue weighted by Gasteiger charge is -2.15. The van der Waals surface area contributed by atoms with Crippen molar-refractivity contribution in [3.05, 3.63) is 40.1 Å². The highest BCUT2D eigenvalue weighted by Crippen LogP contribution is 2.25. The van der Waals surface area contributed by atoms with Gasteiger partial charge in [-0.2, -0.15) is 5.10 Å². The van der Waals surface area contributed by atoms with Gasteiger partial charge in [0.15, 0.2) is 0 Å². The maximum atomic E-state index is 5.61. The molecule has 7 heteroatoms. The van der Waals surface area contributed by atoms with Crippen molar-refractivity contribution in [3.8, 4) is 0 Å². The van der Waals surface area contributed by atoms with Crippen molar-refractivity contribution in [2.75, 3.05) is 0 Å². The second kappa shape index (κ2) is 5.55. The van der Waals surface area contributed by atoms with E-state index in [2.05, 4.69) is 36.4 Å². The lowest BCUT2D eigenvalue weighted by molar-refractivity contribution is 0.526. The van der Waals surface area contributed by atoms with Gasteiger partial charge < -0.3 is 0 Å². The summed E-state index contributed by atoms with van der Waals surface area (Å²) in [7, 11) is 1.92.